The molecular weight excluding hydrogens is 588 g/mol. The molecule has 1 fully saturated rings. The Morgan fingerprint density at radius 1 is 1.02 bits per heavy atom. The molecule has 11 heteroatoms. The van der Waals surface area contributed by atoms with Crippen molar-refractivity contribution in [2.75, 3.05) is 7.11 Å². The van der Waals surface area contributed by atoms with Crippen LogP contribution in [0.15, 0.2) is 98.6 Å². The Hall–Kier alpha value is -4.05. The number of furan rings is 1. The van der Waals surface area contributed by atoms with E-state index in [1.807, 2.05) is 6.07 Å². The van der Waals surface area contributed by atoms with Crippen LogP contribution < -0.4 is 9.47 Å². The average molecular weight is 610 g/mol. The third kappa shape index (κ3) is 7.18. The summed E-state index contributed by atoms with van der Waals surface area (Å²) in [6.45, 7) is 0.408. The van der Waals surface area contributed by atoms with Crippen LogP contribution >= 0.6 is 35.0 Å². The van der Waals surface area contributed by atoms with Gasteiger partial charge in [0.1, 0.15) is 18.2 Å². The van der Waals surface area contributed by atoms with Gasteiger partial charge in [0.15, 0.2) is 16.7 Å². The number of hydrogen-bond acceptors (Lipinski definition) is 7. The van der Waals surface area contributed by atoms with Gasteiger partial charge in [-0.15, -0.1) is 5.10 Å². The van der Waals surface area contributed by atoms with Gasteiger partial charge in [0, 0.05) is 15.6 Å². The number of hydrogen-bond donors (Lipinski definition) is 0. The van der Waals surface area contributed by atoms with E-state index in [0.717, 1.165) is 11.1 Å². The molecule has 1 aliphatic heterocycles. The molecule has 208 valence electrons. The predicted molar refractivity (Wildman–Crippen MR) is 160 cm³/mol. The van der Waals surface area contributed by atoms with Crippen molar-refractivity contribution in [1.82, 2.24) is 4.90 Å². The minimum absolute atomic E-state index is 0.185. The zero-order valence-electron chi connectivity index (χ0n) is 21.6. The van der Waals surface area contributed by atoms with Gasteiger partial charge < -0.3 is 13.9 Å². The summed E-state index contributed by atoms with van der Waals surface area (Å²) in [5, 5.41) is 9.82. The van der Waals surface area contributed by atoms with Crippen molar-refractivity contribution >= 4 is 58.3 Å². The molecule has 0 bridgehead atoms. The number of methoxy groups -OCH3 is 1. The van der Waals surface area contributed by atoms with Crippen LogP contribution in [0, 0.1) is 5.82 Å². The lowest BCUT2D eigenvalue weighted by Gasteiger charge is -2.13. The first-order valence-electron chi connectivity index (χ1n) is 12.2. The fraction of sp³-hybridized carbons (Fsp3) is 0.100. The number of thioether (sulfide) groups is 1. The summed E-state index contributed by atoms with van der Waals surface area (Å²) in [4.78, 5) is 15.3. The normalized spacial score (nSPS) is 15.4. The molecule has 5 rings (SSSR count). The van der Waals surface area contributed by atoms with Crippen molar-refractivity contribution in [3.8, 4) is 11.5 Å². The maximum absolute atomic E-state index is 13.4. The van der Waals surface area contributed by atoms with Gasteiger partial charge in [-0.3, -0.25) is 9.69 Å². The molecule has 0 unspecified atom stereocenters. The van der Waals surface area contributed by atoms with Crippen LogP contribution in [-0.4, -0.2) is 29.3 Å². The Balaban J connectivity index is 1.36. The van der Waals surface area contributed by atoms with E-state index in [1.54, 1.807) is 74.0 Å². The first kappa shape index (κ1) is 28.5. The first-order chi connectivity index (χ1) is 19.9. The van der Waals surface area contributed by atoms with Crippen molar-refractivity contribution in [1.29, 1.82) is 0 Å². The van der Waals surface area contributed by atoms with Crippen molar-refractivity contribution in [3.05, 3.63) is 122 Å². The van der Waals surface area contributed by atoms with Crippen LogP contribution in [0.5, 0.6) is 11.5 Å². The lowest BCUT2D eigenvalue weighted by atomic mass is 10.1. The van der Waals surface area contributed by atoms with Gasteiger partial charge in [0.2, 0.25) is 0 Å². The molecule has 1 aromatic heterocycles. The van der Waals surface area contributed by atoms with Gasteiger partial charge in [0.25, 0.3) is 5.91 Å². The molecule has 0 radical (unpaired) electrons. The minimum Gasteiger partial charge on any atom is -0.493 e. The average Bonchev–Trinajstić information content (AvgIpc) is 3.58. The van der Waals surface area contributed by atoms with Gasteiger partial charge >= 0.3 is 0 Å². The number of carbonyl (C=O) groups is 1. The highest BCUT2D eigenvalue weighted by atomic mass is 35.5. The number of amidine groups is 1. The number of carbonyl (C=O) groups excluding carboxylic acids is 1. The number of ether oxygens (including phenoxy) is 2. The maximum atomic E-state index is 13.4. The Bertz CT molecular complexity index is 1640. The highest BCUT2D eigenvalue weighted by Crippen LogP contribution is 2.36. The molecule has 0 spiro atoms. The Kier molecular flexibility index (Phi) is 9.08. The summed E-state index contributed by atoms with van der Waals surface area (Å²) in [6.07, 6.45) is 4.78. The maximum Gasteiger partial charge on any atom is 0.267 e. The molecule has 7 nitrogen and oxygen atoms in total. The standard InChI is InChI=1S/C30H22Cl2FN3O4S/c1-38-27-13-20(6-11-26(27)40-18-21-7-8-22(31)15-25(21)32)14-28-29(37)36(17-24-3-2-12-39-24)30(41-28)35-34-16-19-4-9-23(33)10-5-19/h2-16H,17-18H2,1H3/b28-14-,34-16-,35-30+. The largest absolute Gasteiger partial charge is 0.493 e. The third-order valence-electron chi connectivity index (χ3n) is 5.89. The Labute approximate surface area is 249 Å². The van der Waals surface area contributed by atoms with Crippen molar-refractivity contribution in [2.45, 2.75) is 13.2 Å². The van der Waals surface area contributed by atoms with Crippen molar-refractivity contribution < 1.29 is 23.1 Å². The highest BCUT2D eigenvalue weighted by molar-refractivity contribution is 8.18. The Morgan fingerprint density at radius 2 is 1.83 bits per heavy atom. The van der Waals surface area contributed by atoms with Gasteiger partial charge in [-0.25, -0.2) is 4.39 Å². The summed E-state index contributed by atoms with van der Waals surface area (Å²) in [6, 6.07) is 19.9. The van der Waals surface area contributed by atoms with Crippen molar-refractivity contribution in [3.63, 3.8) is 0 Å². The van der Waals surface area contributed by atoms with Crippen LogP contribution in [0.4, 0.5) is 4.39 Å². The second-order valence-corrected chi connectivity index (χ2v) is 10.5. The van der Waals surface area contributed by atoms with Crippen LogP contribution in [0.1, 0.15) is 22.5 Å². The van der Waals surface area contributed by atoms with E-state index in [1.165, 1.54) is 35.0 Å². The number of nitrogens with zero attached hydrogens (tertiary/aromatic N) is 3. The summed E-state index contributed by atoms with van der Waals surface area (Å²) in [5.41, 5.74) is 2.18. The van der Waals surface area contributed by atoms with Crippen LogP contribution in [-0.2, 0) is 17.9 Å². The fourth-order valence-corrected chi connectivity index (χ4v) is 5.21. The molecule has 1 aliphatic rings. The number of rotatable bonds is 9. The number of benzene rings is 3. The van der Waals surface area contributed by atoms with E-state index in [4.69, 9.17) is 37.1 Å². The van der Waals surface area contributed by atoms with Crippen molar-refractivity contribution in [2.24, 2.45) is 10.2 Å². The van der Waals surface area contributed by atoms with Gasteiger partial charge in [0.05, 0.1) is 31.0 Å². The highest BCUT2D eigenvalue weighted by Gasteiger charge is 2.34. The molecule has 0 saturated carbocycles. The lowest BCUT2D eigenvalue weighted by molar-refractivity contribution is -0.122. The minimum atomic E-state index is -0.341. The summed E-state index contributed by atoms with van der Waals surface area (Å²) in [7, 11) is 1.54. The quantitative estimate of drug-likeness (QED) is 0.110. The van der Waals surface area contributed by atoms with Crippen LogP contribution in [0.25, 0.3) is 6.08 Å². The molecule has 0 aliphatic carbocycles. The number of amides is 1. The molecule has 1 saturated heterocycles. The zero-order chi connectivity index (χ0) is 28.8. The molecular formula is C30H22Cl2FN3O4S. The summed E-state index contributed by atoms with van der Waals surface area (Å²) >= 11 is 13.4. The second-order valence-electron chi connectivity index (χ2n) is 8.69. The smallest absolute Gasteiger partial charge is 0.267 e. The van der Waals surface area contributed by atoms with E-state index < -0.39 is 0 Å². The van der Waals surface area contributed by atoms with E-state index in [0.29, 0.717) is 42.9 Å². The van der Waals surface area contributed by atoms with Gasteiger partial charge in [-0.1, -0.05) is 47.5 Å². The topological polar surface area (TPSA) is 76.6 Å². The number of halogens is 3. The van der Waals surface area contributed by atoms with Crippen LogP contribution in [0.3, 0.4) is 0 Å². The van der Waals surface area contributed by atoms with Gasteiger partial charge in [-0.2, -0.15) is 5.10 Å². The van der Waals surface area contributed by atoms with Crippen LogP contribution in [0.2, 0.25) is 10.0 Å². The Morgan fingerprint density at radius 3 is 2.56 bits per heavy atom. The second kappa shape index (κ2) is 13.1. The SMILES string of the molecule is COc1cc(/C=C2\S/C(=N/N=C\c3ccc(F)cc3)N(Cc3ccco3)C2=O)ccc1OCc1ccc(Cl)cc1Cl. The molecule has 1 amide bonds. The lowest BCUT2D eigenvalue weighted by Crippen LogP contribution is -2.28. The van der Waals surface area contributed by atoms with E-state index in [9.17, 15) is 9.18 Å². The zero-order valence-corrected chi connectivity index (χ0v) is 23.9. The molecule has 41 heavy (non-hydrogen) atoms. The molecule has 0 atom stereocenters. The fourth-order valence-electron chi connectivity index (χ4n) is 3.81. The van der Waals surface area contributed by atoms with E-state index >= 15 is 0 Å². The molecule has 0 N–H and O–H groups in total. The molecule has 3 aromatic carbocycles. The predicted octanol–water partition coefficient (Wildman–Crippen LogP) is 7.82. The van der Waals surface area contributed by atoms with E-state index in [2.05, 4.69) is 10.2 Å². The molecule has 4 aromatic rings. The summed E-state index contributed by atoms with van der Waals surface area (Å²) in [5.74, 6) is 1.01. The first-order valence-corrected chi connectivity index (χ1v) is 13.8. The third-order valence-corrected chi connectivity index (χ3v) is 7.47. The summed E-state index contributed by atoms with van der Waals surface area (Å²) < 4.78 is 30.1. The van der Waals surface area contributed by atoms with Gasteiger partial charge in [-0.05, 0) is 77.5 Å². The van der Waals surface area contributed by atoms with E-state index in [-0.39, 0.29) is 24.9 Å². The molecule has 2 heterocycles. The monoisotopic (exact) mass is 609 g/mol.